The number of fused-ring (bicyclic) bond motifs is 1. The molecule has 2 aliphatic rings. The van der Waals surface area contributed by atoms with Crippen molar-refractivity contribution in [3.8, 4) is 0 Å². The van der Waals surface area contributed by atoms with Crippen LogP contribution in [0, 0.1) is 12.8 Å². The van der Waals surface area contributed by atoms with Gasteiger partial charge >= 0.3 is 0 Å². The number of pyridine rings is 1. The van der Waals surface area contributed by atoms with Gasteiger partial charge in [0, 0.05) is 24.2 Å². The Morgan fingerprint density at radius 1 is 1.08 bits per heavy atom. The van der Waals surface area contributed by atoms with Gasteiger partial charge in [0.05, 0.1) is 5.52 Å². The van der Waals surface area contributed by atoms with Gasteiger partial charge in [0.25, 0.3) is 0 Å². The number of benzene rings is 1. The van der Waals surface area contributed by atoms with Gasteiger partial charge in [0.2, 0.25) is 0 Å². The lowest BCUT2D eigenvalue weighted by Crippen LogP contribution is -2.43. The zero-order chi connectivity index (χ0) is 17.2. The van der Waals surface area contributed by atoms with Crippen LogP contribution in [0.1, 0.15) is 43.7 Å². The normalized spacial score (nSPS) is 21.8. The van der Waals surface area contributed by atoms with Crippen LogP contribution in [0.15, 0.2) is 30.5 Å². The molecule has 2 aromatic rings. The minimum atomic E-state index is 0.771. The molecule has 3 heterocycles. The Labute approximate surface area is 152 Å². The number of piperidine rings is 1. The summed E-state index contributed by atoms with van der Waals surface area (Å²) in [6.07, 6.45) is 7.39. The number of aryl methyl sites for hydroxylation is 1. The predicted molar refractivity (Wildman–Crippen MR) is 105 cm³/mol. The molecule has 0 radical (unpaired) electrons. The van der Waals surface area contributed by atoms with Crippen molar-refractivity contribution in [1.82, 2.24) is 14.8 Å². The number of rotatable bonds is 4. The maximum Gasteiger partial charge on any atom is 0.0705 e. The second kappa shape index (κ2) is 7.43. The summed E-state index contributed by atoms with van der Waals surface area (Å²) in [6, 6.07) is 9.45. The number of hydrogen-bond acceptors (Lipinski definition) is 3. The third-order valence-electron chi connectivity index (χ3n) is 6.54. The molecule has 3 heteroatoms. The number of nitrogens with zero attached hydrogens (tertiary/aromatic N) is 3. The van der Waals surface area contributed by atoms with Gasteiger partial charge in [-0.1, -0.05) is 12.1 Å². The Balaban J connectivity index is 1.41. The van der Waals surface area contributed by atoms with Gasteiger partial charge in [-0.15, -0.1) is 0 Å². The van der Waals surface area contributed by atoms with Gasteiger partial charge in [-0.3, -0.25) is 9.88 Å². The molecule has 2 aliphatic heterocycles. The fourth-order valence-electron chi connectivity index (χ4n) is 4.80. The summed E-state index contributed by atoms with van der Waals surface area (Å²) in [4.78, 5) is 9.91. The van der Waals surface area contributed by atoms with E-state index in [-0.39, 0.29) is 0 Å². The summed E-state index contributed by atoms with van der Waals surface area (Å²) >= 11 is 0. The van der Waals surface area contributed by atoms with Gasteiger partial charge in [-0.05, 0) is 94.9 Å². The van der Waals surface area contributed by atoms with Crippen molar-refractivity contribution >= 4 is 10.9 Å². The molecule has 3 nitrogen and oxygen atoms in total. The van der Waals surface area contributed by atoms with Gasteiger partial charge in [0.15, 0.2) is 0 Å². The summed E-state index contributed by atoms with van der Waals surface area (Å²) in [6.45, 7) is 10.9. The zero-order valence-electron chi connectivity index (χ0n) is 15.7. The lowest BCUT2D eigenvalue weighted by Gasteiger charge is -2.38. The largest absolute Gasteiger partial charge is 0.300 e. The van der Waals surface area contributed by atoms with Crippen molar-refractivity contribution in [3.63, 3.8) is 0 Å². The van der Waals surface area contributed by atoms with Crippen molar-refractivity contribution in [2.24, 2.45) is 5.92 Å². The van der Waals surface area contributed by atoms with Crippen LogP contribution in [0.25, 0.3) is 10.9 Å². The molecule has 0 bridgehead atoms. The lowest BCUT2D eigenvalue weighted by atomic mass is 9.89. The minimum Gasteiger partial charge on any atom is -0.300 e. The van der Waals surface area contributed by atoms with Crippen LogP contribution in [0.4, 0.5) is 0 Å². The van der Waals surface area contributed by atoms with E-state index in [0.29, 0.717) is 0 Å². The van der Waals surface area contributed by atoms with Crippen LogP contribution in [-0.2, 0) is 6.54 Å². The molecule has 0 N–H and O–H groups in total. The van der Waals surface area contributed by atoms with Crippen molar-refractivity contribution in [2.75, 3.05) is 26.2 Å². The highest BCUT2D eigenvalue weighted by Crippen LogP contribution is 2.29. The van der Waals surface area contributed by atoms with Crippen LogP contribution in [0.5, 0.6) is 0 Å². The summed E-state index contributed by atoms with van der Waals surface area (Å²) in [5.74, 6) is 0.879. The fourth-order valence-corrected chi connectivity index (χ4v) is 4.80. The maximum absolute atomic E-state index is 4.53. The smallest absolute Gasteiger partial charge is 0.0705 e. The average Bonchev–Trinajstić information content (AvgIpc) is 3.19. The van der Waals surface area contributed by atoms with E-state index in [4.69, 9.17) is 0 Å². The average molecular weight is 338 g/mol. The molecule has 2 fully saturated rings. The Morgan fingerprint density at radius 2 is 1.84 bits per heavy atom. The first-order valence-corrected chi connectivity index (χ1v) is 10.0. The molecular weight excluding hydrogens is 306 g/mol. The highest BCUT2D eigenvalue weighted by molar-refractivity contribution is 5.83. The van der Waals surface area contributed by atoms with E-state index in [0.717, 1.165) is 24.0 Å². The van der Waals surface area contributed by atoms with Crippen LogP contribution in [-0.4, -0.2) is 47.0 Å². The Bertz CT molecular complexity index is 712. The summed E-state index contributed by atoms with van der Waals surface area (Å²) in [5.41, 5.74) is 3.99. The predicted octanol–water partition coefficient (Wildman–Crippen LogP) is 4.24. The van der Waals surface area contributed by atoms with E-state index in [2.05, 4.69) is 52.9 Å². The number of hydrogen-bond donors (Lipinski definition) is 0. The highest BCUT2D eigenvalue weighted by atomic mass is 15.2. The van der Waals surface area contributed by atoms with Crippen molar-refractivity contribution in [2.45, 2.75) is 52.1 Å². The molecule has 0 spiro atoms. The molecule has 134 valence electrons. The minimum absolute atomic E-state index is 0.771. The monoisotopic (exact) mass is 337 g/mol. The fraction of sp³-hybridized carbons (Fsp3) is 0.591. The van der Waals surface area contributed by atoms with Crippen LogP contribution < -0.4 is 0 Å². The molecule has 25 heavy (non-hydrogen) atoms. The Kier molecular flexibility index (Phi) is 5.05. The first-order valence-electron chi connectivity index (χ1n) is 10.0. The van der Waals surface area contributed by atoms with Crippen molar-refractivity contribution < 1.29 is 0 Å². The van der Waals surface area contributed by atoms with Gasteiger partial charge in [-0.2, -0.15) is 0 Å². The van der Waals surface area contributed by atoms with Crippen LogP contribution >= 0.6 is 0 Å². The van der Waals surface area contributed by atoms with Crippen LogP contribution in [0.2, 0.25) is 0 Å². The van der Waals surface area contributed by atoms with E-state index in [1.54, 1.807) is 0 Å². The van der Waals surface area contributed by atoms with Gasteiger partial charge in [-0.25, -0.2) is 0 Å². The second-order valence-corrected chi connectivity index (χ2v) is 8.03. The van der Waals surface area contributed by atoms with Crippen molar-refractivity contribution in [3.05, 3.63) is 41.6 Å². The van der Waals surface area contributed by atoms with Gasteiger partial charge in [0.1, 0.15) is 0 Å². The van der Waals surface area contributed by atoms with E-state index in [1.165, 1.54) is 68.4 Å². The topological polar surface area (TPSA) is 19.4 Å². The molecule has 0 aliphatic carbocycles. The van der Waals surface area contributed by atoms with E-state index in [9.17, 15) is 0 Å². The van der Waals surface area contributed by atoms with Crippen LogP contribution in [0.3, 0.4) is 0 Å². The third kappa shape index (κ3) is 3.58. The quantitative estimate of drug-likeness (QED) is 0.832. The second-order valence-electron chi connectivity index (χ2n) is 8.03. The number of aromatic nitrogens is 1. The Hall–Kier alpha value is -1.45. The van der Waals surface area contributed by atoms with E-state index in [1.807, 2.05) is 6.20 Å². The highest BCUT2D eigenvalue weighted by Gasteiger charge is 2.29. The molecule has 1 aromatic heterocycles. The van der Waals surface area contributed by atoms with Gasteiger partial charge < -0.3 is 4.90 Å². The maximum atomic E-state index is 4.53. The molecular formula is C22H31N3. The zero-order valence-corrected chi connectivity index (χ0v) is 15.7. The number of likely N-dealkylation sites (tertiary alicyclic amines) is 2. The third-order valence-corrected chi connectivity index (χ3v) is 6.54. The van der Waals surface area contributed by atoms with Crippen molar-refractivity contribution in [1.29, 1.82) is 0 Å². The Morgan fingerprint density at radius 3 is 2.60 bits per heavy atom. The molecule has 1 aromatic carbocycles. The first-order chi connectivity index (χ1) is 12.2. The van der Waals surface area contributed by atoms with E-state index >= 15 is 0 Å². The standard InChI is InChI=1S/C22H31N3/c1-17-7-8-22-20(6-5-11-23-22)21(17)16-24-14-9-19(10-15-24)18(2)25-12-3-4-13-25/h5-8,11,18-19H,3-4,9-10,12-16H2,1-2H3. The molecule has 2 saturated heterocycles. The molecule has 1 atom stereocenters. The lowest BCUT2D eigenvalue weighted by molar-refractivity contribution is 0.108. The van der Waals surface area contributed by atoms with E-state index < -0.39 is 0 Å². The molecule has 1 unspecified atom stereocenters. The summed E-state index contributed by atoms with van der Waals surface area (Å²) in [5, 5.41) is 1.33. The molecule has 0 amide bonds. The first kappa shape index (κ1) is 17.0. The molecule has 0 saturated carbocycles. The SMILES string of the molecule is Cc1ccc2ncccc2c1CN1CCC(C(C)N2CCCC2)CC1. The summed E-state index contributed by atoms with van der Waals surface area (Å²) in [7, 11) is 0. The molecule has 4 rings (SSSR count). The summed E-state index contributed by atoms with van der Waals surface area (Å²) < 4.78 is 0.